The van der Waals surface area contributed by atoms with E-state index in [4.69, 9.17) is 16.3 Å². The van der Waals surface area contributed by atoms with Crippen LogP contribution in [-0.4, -0.2) is 22.6 Å². The number of nitro groups is 1. The largest absolute Gasteiger partial charge is 0.466 e. The number of carbonyl (C=O) groups is 1. The number of benzene rings is 2. The monoisotopic (exact) mass is 469 g/mol. The number of thiazole rings is 1. The average Bonchev–Trinajstić information content (AvgIpc) is 3.07. The molecule has 3 aromatic rings. The van der Waals surface area contributed by atoms with Gasteiger partial charge in [-0.3, -0.25) is 19.5 Å². The summed E-state index contributed by atoms with van der Waals surface area (Å²) in [6.45, 7) is 1.67. The van der Waals surface area contributed by atoms with E-state index in [9.17, 15) is 19.7 Å². The van der Waals surface area contributed by atoms with Crippen LogP contribution in [0.25, 0.3) is 6.08 Å². The van der Waals surface area contributed by atoms with Crippen molar-refractivity contribution in [3.8, 4) is 0 Å². The van der Waals surface area contributed by atoms with Gasteiger partial charge in [-0.25, -0.2) is 9.79 Å². The van der Waals surface area contributed by atoms with E-state index in [2.05, 4.69) is 4.99 Å². The highest BCUT2D eigenvalue weighted by molar-refractivity contribution is 7.07. The van der Waals surface area contributed by atoms with Crippen LogP contribution in [0.4, 0.5) is 5.69 Å². The summed E-state index contributed by atoms with van der Waals surface area (Å²) < 4.78 is 6.69. The van der Waals surface area contributed by atoms with Gasteiger partial charge in [-0.2, -0.15) is 0 Å². The highest BCUT2D eigenvalue weighted by Crippen LogP contribution is 2.34. The molecule has 0 saturated carbocycles. The second-order valence-electron chi connectivity index (χ2n) is 6.95. The third kappa shape index (κ3) is 3.76. The standard InChI is InChI=1S/C22H16ClN3O5S/c1-12-18(21(28)31-2)19(15-8-3-4-9-16(15)23)25-20(27)17(32-22(25)24-12)11-13-6-5-7-14(10-13)26(29)30/h3-11,19H,1-2H3/t19-/m0/s1. The fourth-order valence-corrected chi connectivity index (χ4v) is 4.85. The zero-order valence-corrected chi connectivity index (χ0v) is 18.5. The number of rotatable bonds is 4. The molecule has 0 radical (unpaired) electrons. The number of fused-ring (bicyclic) bond motifs is 1. The minimum Gasteiger partial charge on any atom is -0.466 e. The van der Waals surface area contributed by atoms with E-state index >= 15 is 0 Å². The Balaban J connectivity index is 1.98. The first kappa shape index (κ1) is 21.7. The van der Waals surface area contributed by atoms with Crippen molar-refractivity contribution in [1.29, 1.82) is 0 Å². The number of carbonyl (C=O) groups excluding carboxylic acids is 1. The van der Waals surface area contributed by atoms with E-state index < -0.39 is 16.9 Å². The molecule has 0 bridgehead atoms. The Morgan fingerprint density at radius 1 is 1.28 bits per heavy atom. The van der Waals surface area contributed by atoms with Crippen LogP contribution in [0.2, 0.25) is 5.02 Å². The second kappa shape index (κ2) is 8.52. The molecule has 162 valence electrons. The van der Waals surface area contributed by atoms with Gasteiger partial charge in [0.25, 0.3) is 11.2 Å². The summed E-state index contributed by atoms with van der Waals surface area (Å²) in [6, 6.07) is 12.1. The molecule has 0 N–H and O–H groups in total. The third-order valence-electron chi connectivity index (χ3n) is 5.01. The molecule has 1 aliphatic rings. The predicted octanol–water partition coefficient (Wildman–Crippen LogP) is 2.97. The Kier molecular flexibility index (Phi) is 5.77. The van der Waals surface area contributed by atoms with Crippen molar-refractivity contribution < 1.29 is 14.5 Å². The molecule has 0 saturated heterocycles. The molecular weight excluding hydrogens is 454 g/mol. The van der Waals surface area contributed by atoms with Gasteiger partial charge in [-0.15, -0.1) is 0 Å². The molecule has 10 heteroatoms. The Bertz CT molecular complexity index is 1470. The van der Waals surface area contributed by atoms with Crippen molar-refractivity contribution in [2.45, 2.75) is 13.0 Å². The first-order chi connectivity index (χ1) is 15.3. The topological polar surface area (TPSA) is 104 Å². The number of hydrogen-bond donors (Lipinski definition) is 0. The first-order valence-electron chi connectivity index (χ1n) is 9.41. The van der Waals surface area contributed by atoms with Crippen molar-refractivity contribution >= 4 is 40.7 Å². The zero-order valence-electron chi connectivity index (χ0n) is 16.9. The molecule has 2 heterocycles. The molecule has 32 heavy (non-hydrogen) atoms. The summed E-state index contributed by atoms with van der Waals surface area (Å²) in [7, 11) is 1.26. The van der Waals surface area contributed by atoms with Gasteiger partial charge in [-0.1, -0.05) is 53.3 Å². The molecule has 0 fully saturated rings. The van der Waals surface area contributed by atoms with E-state index in [1.165, 1.54) is 23.8 Å². The van der Waals surface area contributed by atoms with Crippen LogP contribution in [0.5, 0.6) is 0 Å². The Labute approximate surface area is 190 Å². The van der Waals surface area contributed by atoms with Gasteiger partial charge in [0.1, 0.15) is 6.04 Å². The second-order valence-corrected chi connectivity index (χ2v) is 8.36. The van der Waals surface area contributed by atoms with Crippen LogP contribution >= 0.6 is 22.9 Å². The predicted molar refractivity (Wildman–Crippen MR) is 120 cm³/mol. The number of methoxy groups -OCH3 is 1. The van der Waals surface area contributed by atoms with Gasteiger partial charge in [0.2, 0.25) is 0 Å². The number of hydrogen-bond acceptors (Lipinski definition) is 7. The van der Waals surface area contributed by atoms with Crippen molar-refractivity contribution in [1.82, 2.24) is 4.57 Å². The zero-order chi connectivity index (χ0) is 23.0. The summed E-state index contributed by atoms with van der Waals surface area (Å²) in [4.78, 5) is 41.5. The lowest BCUT2D eigenvalue weighted by Crippen LogP contribution is -2.39. The maximum absolute atomic E-state index is 13.4. The number of halogens is 1. The van der Waals surface area contributed by atoms with Gasteiger partial charge in [-0.05, 0) is 30.2 Å². The fourth-order valence-electron chi connectivity index (χ4n) is 3.56. The fraction of sp³-hybridized carbons (Fsp3) is 0.136. The summed E-state index contributed by atoms with van der Waals surface area (Å²) in [5.74, 6) is -0.607. The smallest absolute Gasteiger partial charge is 0.338 e. The highest BCUT2D eigenvalue weighted by atomic mass is 35.5. The van der Waals surface area contributed by atoms with Gasteiger partial charge in [0.05, 0.1) is 27.8 Å². The number of non-ortho nitro benzene ring substituents is 1. The molecule has 1 aromatic heterocycles. The maximum atomic E-state index is 13.4. The Hall–Kier alpha value is -3.56. The van der Waals surface area contributed by atoms with Crippen LogP contribution in [0.1, 0.15) is 24.1 Å². The normalized spacial score (nSPS) is 15.8. The average molecular weight is 470 g/mol. The number of esters is 1. The number of nitro benzene ring substituents is 1. The molecule has 8 nitrogen and oxygen atoms in total. The molecule has 0 amide bonds. The molecule has 0 spiro atoms. The molecule has 2 aromatic carbocycles. The van der Waals surface area contributed by atoms with Crippen LogP contribution in [0.3, 0.4) is 0 Å². The first-order valence-corrected chi connectivity index (χ1v) is 10.6. The molecule has 1 aliphatic heterocycles. The molecule has 4 rings (SSSR count). The van der Waals surface area contributed by atoms with Gasteiger partial charge in [0, 0.05) is 17.2 Å². The van der Waals surface area contributed by atoms with E-state index in [0.29, 0.717) is 31.2 Å². The molecular formula is C22H16ClN3O5S. The van der Waals surface area contributed by atoms with Crippen molar-refractivity contribution in [3.05, 3.63) is 106 Å². The number of allylic oxidation sites excluding steroid dienone is 1. The van der Waals surface area contributed by atoms with Gasteiger partial charge >= 0.3 is 5.97 Å². The summed E-state index contributed by atoms with van der Waals surface area (Å²) in [5, 5.41) is 11.5. The Morgan fingerprint density at radius 2 is 2.03 bits per heavy atom. The van der Waals surface area contributed by atoms with Crippen LogP contribution in [-0.2, 0) is 9.53 Å². The lowest BCUT2D eigenvalue weighted by molar-refractivity contribution is -0.384. The minimum absolute atomic E-state index is 0.0794. The van der Waals surface area contributed by atoms with E-state index in [1.54, 1.807) is 49.4 Å². The minimum atomic E-state index is -0.820. The Morgan fingerprint density at radius 3 is 2.72 bits per heavy atom. The quantitative estimate of drug-likeness (QED) is 0.332. The van der Waals surface area contributed by atoms with E-state index in [0.717, 1.165) is 11.3 Å². The molecule has 1 atom stereocenters. The van der Waals surface area contributed by atoms with Crippen molar-refractivity contribution in [2.24, 2.45) is 4.99 Å². The number of ether oxygens (including phenoxy) is 1. The van der Waals surface area contributed by atoms with Crippen molar-refractivity contribution in [2.75, 3.05) is 7.11 Å². The van der Waals surface area contributed by atoms with Crippen LogP contribution < -0.4 is 14.9 Å². The molecule has 0 unspecified atom stereocenters. The maximum Gasteiger partial charge on any atom is 0.338 e. The van der Waals surface area contributed by atoms with E-state index in [1.807, 2.05) is 0 Å². The van der Waals surface area contributed by atoms with Gasteiger partial charge < -0.3 is 4.74 Å². The lowest BCUT2D eigenvalue weighted by Gasteiger charge is -2.25. The van der Waals surface area contributed by atoms with Crippen LogP contribution in [0.15, 0.2) is 69.6 Å². The van der Waals surface area contributed by atoms with E-state index in [-0.39, 0.29) is 16.8 Å². The lowest BCUT2D eigenvalue weighted by atomic mass is 9.96. The van der Waals surface area contributed by atoms with Gasteiger partial charge in [0.15, 0.2) is 4.80 Å². The summed E-state index contributed by atoms with van der Waals surface area (Å²) in [5.41, 5.74) is 1.23. The summed E-state index contributed by atoms with van der Waals surface area (Å²) in [6.07, 6.45) is 1.57. The summed E-state index contributed by atoms with van der Waals surface area (Å²) >= 11 is 7.56. The number of nitrogens with zero attached hydrogens (tertiary/aromatic N) is 3. The highest BCUT2D eigenvalue weighted by Gasteiger charge is 2.34. The SMILES string of the molecule is COC(=O)C1=C(C)N=c2sc(=Cc3cccc([N+](=O)[O-])c3)c(=O)n2[C@H]1c1ccccc1Cl. The number of aromatic nitrogens is 1. The van der Waals surface area contributed by atoms with Crippen LogP contribution in [0, 0.1) is 10.1 Å². The molecule has 0 aliphatic carbocycles. The third-order valence-corrected chi connectivity index (χ3v) is 6.33. The van der Waals surface area contributed by atoms with Crippen molar-refractivity contribution in [3.63, 3.8) is 0 Å².